The predicted octanol–water partition coefficient (Wildman–Crippen LogP) is 1.98. The van der Waals surface area contributed by atoms with Crippen LogP contribution in [0, 0.1) is 6.92 Å². The largest absolute Gasteiger partial charge is 0.477 e. The molecule has 29 heavy (non-hydrogen) atoms. The molecule has 2 aromatic rings. The van der Waals surface area contributed by atoms with Crippen LogP contribution in [0.5, 0.6) is 11.8 Å². The van der Waals surface area contributed by atoms with Crippen LogP contribution in [-0.4, -0.2) is 54.9 Å². The number of aryl methyl sites for hydroxylation is 1. The van der Waals surface area contributed by atoms with Gasteiger partial charge in [-0.05, 0) is 43.5 Å². The van der Waals surface area contributed by atoms with E-state index in [1.165, 1.54) is 36.8 Å². The van der Waals surface area contributed by atoms with Gasteiger partial charge in [0.1, 0.15) is 6.10 Å². The molecule has 0 saturated carbocycles. The Bertz CT molecular complexity index is 996. The number of methoxy groups -OCH3 is 1. The van der Waals surface area contributed by atoms with E-state index < -0.39 is 10.0 Å². The zero-order valence-electron chi connectivity index (χ0n) is 16.6. The third-order valence-corrected chi connectivity index (χ3v) is 6.58. The summed E-state index contributed by atoms with van der Waals surface area (Å²) in [5.74, 6) is 0.294. The Morgan fingerprint density at radius 3 is 2.62 bits per heavy atom. The fourth-order valence-corrected chi connectivity index (χ4v) is 4.99. The summed E-state index contributed by atoms with van der Waals surface area (Å²) in [6.45, 7) is 3.72. The van der Waals surface area contributed by atoms with Gasteiger partial charge in [-0.3, -0.25) is 4.79 Å². The molecule has 1 N–H and O–H groups in total. The van der Waals surface area contributed by atoms with Crippen LogP contribution >= 0.6 is 0 Å². The number of nitrogens with one attached hydrogen (secondary N) is 1. The van der Waals surface area contributed by atoms with Crippen LogP contribution in [0.3, 0.4) is 0 Å². The molecule has 0 radical (unpaired) electrons. The number of sulfonamides is 1. The summed E-state index contributed by atoms with van der Waals surface area (Å²) >= 11 is 0. The van der Waals surface area contributed by atoms with Crippen LogP contribution in [0.15, 0.2) is 35.5 Å². The highest BCUT2D eigenvalue weighted by Crippen LogP contribution is 2.28. The Balaban J connectivity index is 1.78. The molecule has 1 fully saturated rings. The molecule has 1 saturated heterocycles. The molecule has 1 aliphatic heterocycles. The summed E-state index contributed by atoms with van der Waals surface area (Å²) in [7, 11) is -2.23. The van der Waals surface area contributed by atoms with E-state index in [2.05, 4.69) is 15.3 Å². The van der Waals surface area contributed by atoms with Crippen molar-refractivity contribution in [3.05, 3.63) is 36.2 Å². The summed E-state index contributed by atoms with van der Waals surface area (Å²) in [6.07, 6.45) is 4.00. The predicted molar refractivity (Wildman–Crippen MR) is 106 cm³/mol. The number of piperidine rings is 1. The fourth-order valence-electron chi connectivity index (χ4n) is 3.27. The van der Waals surface area contributed by atoms with E-state index in [-0.39, 0.29) is 35.2 Å². The number of ether oxygens (including phenoxy) is 2. The average Bonchev–Trinajstić information content (AvgIpc) is 2.68. The van der Waals surface area contributed by atoms with E-state index in [0.29, 0.717) is 30.6 Å². The summed E-state index contributed by atoms with van der Waals surface area (Å²) in [5, 5.41) is 2.66. The van der Waals surface area contributed by atoms with Crippen LogP contribution in [0.4, 0.5) is 5.69 Å². The first-order valence-electron chi connectivity index (χ1n) is 9.21. The molecule has 156 valence electrons. The third kappa shape index (κ3) is 4.83. The van der Waals surface area contributed by atoms with Gasteiger partial charge in [-0.2, -0.15) is 4.31 Å². The first kappa shape index (κ1) is 21.0. The van der Waals surface area contributed by atoms with Gasteiger partial charge in [-0.1, -0.05) is 0 Å². The topological polar surface area (TPSA) is 111 Å². The van der Waals surface area contributed by atoms with Gasteiger partial charge >= 0.3 is 0 Å². The van der Waals surface area contributed by atoms with E-state index in [4.69, 9.17) is 9.47 Å². The SMILES string of the molecule is COc1nccnc1OC1CCCN(S(=O)(=O)c2ccc(NC(C)=O)cc2C)C1. The van der Waals surface area contributed by atoms with Gasteiger partial charge in [-0.25, -0.2) is 18.4 Å². The van der Waals surface area contributed by atoms with Crippen molar-refractivity contribution in [2.45, 2.75) is 37.7 Å². The van der Waals surface area contributed by atoms with Crippen molar-refractivity contribution in [1.29, 1.82) is 0 Å². The maximum Gasteiger partial charge on any atom is 0.278 e. The first-order chi connectivity index (χ1) is 13.8. The van der Waals surface area contributed by atoms with Crippen molar-refractivity contribution in [2.24, 2.45) is 0 Å². The number of nitrogens with zero attached hydrogens (tertiary/aromatic N) is 3. The molecule has 1 amide bonds. The second-order valence-corrected chi connectivity index (χ2v) is 8.68. The van der Waals surface area contributed by atoms with Crippen molar-refractivity contribution in [3.8, 4) is 11.8 Å². The summed E-state index contributed by atoms with van der Waals surface area (Å²) < 4.78 is 38.8. The summed E-state index contributed by atoms with van der Waals surface area (Å²) in [4.78, 5) is 19.6. The van der Waals surface area contributed by atoms with Gasteiger partial charge in [-0.15, -0.1) is 0 Å². The Kier molecular flexibility index (Phi) is 6.33. The van der Waals surface area contributed by atoms with E-state index in [0.717, 1.165) is 0 Å². The smallest absolute Gasteiger partial charge is 0.278 e. The molecule has 9 nitrogen and oxygen atoms in total. The molecule has 1 atom stereocenters. The number of aromatic nitrogens is 2. The molecule has 3 rings (SSSR count). The molecule has 0 aliphatic carbocycles. The minimum atomic E-state index is -3.71. The minimum absolute atomic E-state index is 0.203. The van der Waals surface area contributed by atoms with Gasteiger partial charge in [0.05, 0.1) is 18.6 Å². The van der Waals surface area contributed by atoms with E-state index >= 15 is 0 Å². The quantitative estimate of drug-likeness (QED) is 0.761. The molecular weight excluding hydrogens is 396 g/mol. The molecule has 0 spiro atoms. The molecule has 2 heterocycles. The lowest BCUT2D eigenvalue weighted by Gasteiger charge is -2.32. The number of anilines is 1. The zero-order chi connectivity index (χ0) is 21.0. The lowest BCUT2D eigenvalue weighted by atomic mass is 10.1. The first-order valence-corrected chi connectivity index (χ1v) is 10.7. The molecule has 1 aromatic heterocycles. The number of hydrogen-bond donors (Lipinski definition) is 1. The number of amides is 1. The van der Waals surface area contributed by atoms with E-state index in [1.807, 2.05) is 0 Å². The van der Waals surface area contributed by atoms with Crippen LogP contribution in [0.2, 0.25) is 0 Å². The molecule has 10 heteroatoms. The van der Waals surface area contributed by atoms with Gasteiger partial charge in [0.2, 0.25) is 15.9 Å². The second-order valence-electron chi connectivity index (χ2n) is 6.78. The summed E-state index contributed by atoms with van der Waals surface area (Å²) in [6, 6.07) is 4.76. The number of carbonyl (C=O) groups excluding carboxylic acids is 1. The van der Waals surface area contributed by atoms with Gasteiger partial charge < -0.3 is 14.8 Å². The van der Waals surface area contributed by atoms with Crippen molar-refractivity contribution in [3.63, 3.8) is 0 Å². The van der Waals surface area contributed by atoms with Crippen molar-refractivity contribution < 1.29 is 22.7 Å². The lowest BCUT2D eigenvalue weighted by Crippen LogP contribution is -2.44. The fraction of sp³-hybridized carbons (Fsp3) is 0.421. The normalized spacial score (nSPS) is 17.6. The molecule has 1 aromatic carbocycles. The van der Waals surface area contributed by atoms with Crippen LogP contribution in [0.25, 0.3) is 0 Å². The molecule has 0 bridgehead atoms. The Hall–Kier alpha value is -2.72. The number of carbonyl (C=O) groups is 1. The maximum atomic E-state index is 13.2. The highest BCUT2D eigenvalue weighted by Gasteiger charge is 2.32. The van der Waals surface area contributed by atoms with Crippen molar-refractivity contribution in [2.75, 3.05) is 25.5 Å². The average molecular weight is 420 g/mol. The highest BCUT2D eigenvalue weighted by molar-refractivity contribution is 7.89. The number of hydrogen-bond acceptors (Lipinski definition) is 7. The Morgan fingerprint density at radius 2 is 1.97 bits per heavy atom. The van der Waals surface area contributed by atoms with Gasteiger partial charge in [0.25, 0.3) is 11.8 Å². The van der Waals surface area contributed by atoms with Crippen LogP contribution < -0.4 is 14.8 Å². The van der Waals surface area contributed by atoms with Crippen LogP contribution in [-0.2, 0) is 14.8 Å². The van der Waals surface area contributed by atoms with E-state index in [9.17, 15) is 13.2 Å². The second kappa shape index (κ2) is 8.75. The van der Waals surface area contributed by atoms with Gasteiger partial charge in [0, 0.05) is 31.5 Å². The Morgan fingerprint density at radius 1 is 1.24 bits per heavy atom. The van der Waals surface area contributed by atoms with Crippen molar-refractivity contribution in [1.82, 2.24) is 14.3 Å². The minimum Gasteiger partial charge on any atom is -0.477 e. The van der Waals surface area contributed by atoms with Crippen molar-refractivity contribution >= 4 is 21.6 Å². The third-order valence-electron chi connectivity index (χ3n) is 4.56. The zero-order valence-corrected chi connectivity index (χ0v) is 17.4. The maximum absolute atomic E-state index is 13.2. The Labute approximate surface area is 170 Å². The molecule has 1 unspecified atom stereocenters. The monoisotopic (exact) mass is 420 g/mol. The highest BCUT2D eigenvalue weighted by atomic mass is 32.2. The molecule has 1 aliphatic rings. The van der Waals surface area contributed by atoms with E-state index in [1.54, 1.807) is 19.1 Å². The molecular formula is C19H24N4O5S. The standard InChI is InChI=1S/C19H24N4O5S/c1-13-11-15(22-14(2)24)6-7-17(13)29(25,26)23-10-4-5-16(12-23)28-19-18(27-3)20-8-9-21-19/h6-9,11,16H,4-5,10,12H2,1-3H3,(H,22,24). The number of benzene rings is 1. The van der Waals surface area contributed by atoms with Gasteiger partial charge in [0.15, 0.2) is 0 Å². The number of rotatable bonds is 6. The summed E-state index contributed by atoms with van der Waals surface area (Å²) in [5.41, 5.74) is 1.12. The lowest BCUT2D eigenvalue weighted by molar-refractivity contribution is -0.114. The van der Waals surface area contributed by atoms with Crippen LogP contribution in [0.1, 0.15) is 25.3 Å².